The molecule has 0 spiro atoms. The fourth-order valence-corrected chi connectivity index (χ4v) is 1.17. The van der Waals surface area contributed by atoms with Gasteiger partial charge in [0.25, 0.3) is 0 Å². The van der Waals surface area contributed by atoms with Crippen LogP contribution in [0.25, 0.3) is 0 Å². The minimum absolute atomic E-state index is 1.08. The van der Waals surface area contributed by atoms with E-state index in [0.29, 0.717) is 0 Å². The van der Waals surface area contributed by atoms with Gasteiger partial charge in [0.15, 0.2) is 0 Å². The fraction of sp³-hybridized carbons (Fsp3) is 0.600. The molecule has 0 bridgehead atoms. The molecule has 0 unspecified atom stereocenters. The summed E-state index contributed by atoms with van der Waals surface area (Å²) in [7, 11) is 0. The summed E-state index contributed by atoms with van der Waals surface area (Å²) in [5, 5.41) is 0. The number of allylic oxidation sites excluding steroid dienone is 3. The van der Waals surface area contributed by atoms with E-state index < -0.39 is 0 Å². The maximum absolute atomic E-state index is 4.01. The molecule has 0 heteroatoms. The summed E-state index contributed by atoms with van der Waals surface area (Å²) >= 11 is 0. The molecule has 0 aromatic heterocycles. The van der Waals surface area contributed by atoms with Crippen molar-refractivity contribution in [2.24, 2.45) is 0 Å². The third-order valence-corrected chi connectivity index (χ3v) is 1.81. The zero-order valence-electron chi connectivity index (χ0n) is 7.62. The highest BCUT2D eigenvalue weighted by Crippen LogP contribution is 2.18. The van der Waals surface area contributed by atoms with E-state index >= 15 is 0 Å². The highest BCUT2D eigenvalue weighted by molar-refractivity contribution is 5.30. The lowest BCUT2D eigenvalue weighted by Gasteiger charge is -2.07. The van der Waals surface area contributed by atoms with Crippen molar-refractivity contribution < 1.29 is 0 Å². The molecule has 0 fully saturated rings. The molecule has 0 rings (SSSR count). The zero-order chi connectivity index (χ0) is 8.15. The second-order valence-electron chi connectivity index (χ2n) is 2.79. The second-order valence-corrected chi connectivity index (χ2v) is 2.79. The van der Waals surface area contributed by atoms with Gasteiger partial charge in [-0.25, -0.2) is 0 Å². The summed E-state index contributed by atoms with van der Waals surface area (Å²) in [6.07, 6.45) is 2.20. The molecule has 0 N–H and O–H groups in total. The van der Waals surface area contributed by atoms with Gasteiger partial charge in [0.1, 0.15) is 0 Å². The largest absolute Gasteiger partial charge is 0.0956 e. The molecule has 0 amide bonds. The van der Waals surface area contributed by atoms with Crippen LogP contribution in [0.3, 0.4) is 0 Å². The molecule has 0 saturated carbocycles. The van der Waals surface area contributed by atoms with Crippen LogP contribution < -0.4 is 0 Å². The smallest absolute Gasteiger partial charge is 0.0306 e. The van der Waals surface area contributed by atoms with E-state index in [-0.39, 0.29) is 0 Å². The van der Waals surface area contributed by atoms with Crippen LogP contribution in [0.1, 0.15) is 40.5 Å². The predicted octanol–water partition coefficient (Wildman–Crippen LogP) is 3.70. The van der Waals surface area contributed by atoms with Crippen molar-refractivity contribution in [3.8, 4) is 0 Å². The molecule has 0 saturated heterocycles. The number of rotatable bonds is 3. The van der Waals surface area contributed by atoms with Gasteiger partial charge >= 0.3 is 0 Å². The van der Waals surface area contributed by atoms with Crippen LogP contribution in [-0.4, -0.2) is 0 Å². The fourth-order valence-electron chi connectivity index (χ4n) is 1.17. The molecule has 0 aromatic rings. The van der Waals surface area contributed by atoms with Gasteiger partial charge in [-0.15, -0.1) is 0 Å². The summed E-state index contributed by atoms with van der Waals surface area (Å²) in [4.78, 5) is 0. The molecule has 10 heavy (non-hydrogen) atoms. The van der Waals surface area contributed by atoms with Gasteiger partial charge in [-0.1, -0.05) is 31.6 Å². The SMILES string of the molecule is C=C(CC)C(CC)=C(C)C. The van der Waals surface area contributed by atoms with Gasteiger partial charge in [0.05, 0.1) is 0 Å². The van der Waals surface area contributed by atoms with Crippen molar-refractivity contribution in [1.82, 2.24) is 0 Å². The van der Waals surface area contributed by atoms with Crippen LogP contribution in [0.4, 0.5) is 0 Å². The van der Waals surface area contributed by atoms with Gasteiger partial charge in [-0.05, 0) is 32.3 Å². The maximum Gasteiger partial charge on any atom is -0.0306 e. The minimum Gasteiger partial charge on any atom is -0.0956 e. The molecule has 0 aliphatic carbocycles. The summed E-state index contributed by atoms with van der Waals surface area (Å²) in [6.45, 7) is 12.7. The molecular formula is C10H18. The van der Waals surface area contributed by atoms with Gasteiger partial charge in [-0.2, -0.15) is 0 Å². The van der Waals surface area contributed by atoms with E-state index in [1.54, 1.807) is 0 Å². The van der Waals surface area contributed by atoms with Crippen molar-refractivity contribution in [2.45, 2.75) is 40.5 Å². The third kappa shape index (κ3) is 2.38. The van der Waals surface area contributed by atoms with Gasteiger partial charge in [0.2, 0.25) is 0 Å². The minimum atomic E-state index is 1.08. The van der Waals surface area contributed by atoms with Crippen LogP contribution in [0.2, 0.25) is 0 Å². The first-order valence-electron chi connectivity index (χ1n) is 3.97. The van der Waals surface area contributed by atoms with Crippen LogP contribution in [0.15, 0.2) is 23.3 Å². The lowest BCUT2D eigenvalue weighted by Crippen LogP contribution is -1.87. The molecule has 0 atom stereocenters. The average Bonchev–Trinajstić information content (AvgIpc) is 1.88. The zero-order valence-corrected chi connectivity index (χ0v) is 7.62. The first-order valence-corrected chi connectivity index (χ1v) is 3.97. The molecule has 0 heterocycles. The lowest BCUT2D eigenvalue weighted by atomic mass is 9.99. The van der Waals surface area contributed by atoms with E-state index in [1.165, 1.54) is 16.7 Å². The highest BCUT2D eigenvalue weighted by Gasteiger charge is 1.98. The lowest BCUT2D eigenvalue weighted by molar-refractivity contribution is 1.00. The van der Waals surface area contributed by atoms with Crippen LogP contribution in [0, 0.1) is 0 Å². The molecule has 0 radical (unpaired) electrons. The van der Waals surface area contributed by atoms with Crippen LogP contribution >= 0.6 is 0 Å². The van der Waals surface area contributed by atoms with Crippen molar-refractivity contribution in [3.63, 3.8) is 0 Å². The molecule has 58 valence electrons. The van der Waals surface area contributed by atoms with E-state index in [0.717, 1.165) is 12.8 Å². The Kier molecular flexibility index (Phi) is 4.10. The summed E-state index contributed by atoms with van der Waals surface area (Å²) in [5.74, 6) is 0. The van der Waals surface area contributed by atoms with E-state index in [4.69, 9.17) is 0 Å². The Morgan fingerprint density at radius 2 is 1.60 bits per heavy atom. The Morgan fingerprint density at radius 1 is 1.10 bits per heavy atom. The Morgan fingerprint density at radius 3 is 1.70 bits per heavy atom. The summed E-state index contributed by atoms with van der Waals surface area (Å²) < 4.78 is 0. The predicted molar refractivity (Wildman–Crippen MR) is 48.1 cm³/mol. The third-order valence-electron chi connectivity index (χ3n) is 1.81. The van der Waals surface area contributed by atoms with Crippen LogP contribution in [-0.2, 0) is 0 Å². The van der Waals surface area contributed by atoms with Gasteiger partial charge in [0, 0.05) is 0 Å². The van der Waals surface area contributed by atoms with Crippen molar-refractivity contribution in [1.29, 1.82) is 0 Å². The van der Waals surface area contributed by atoms with E-state index in [2.05, 4.69) is 34.3 Å². The molecule has 0 nitrogen and oxygen atoms in total. The maximum atomic E-state index is 4.01. The Bertz CT molecular complexity index is 145. The molecule has 0 aliphatic rings. The summed E-state index contributed by atoms with van der Waals surface area (Å²) in [5.41, 5.74) is 4.15. The normalized spacial score (nSPS) is 9.20. The van der Waals surface area contributed by atoms with Crippen LogP contribution in [0.5, 0.6) is 0 Å². The molecule has 0 aliphatic heterocycles. The van der Waals surface area contributed by atoms with Gasteiger partial charge < -0.3 is 0 Å². The second kappa shape index (κ2) is 4.32. The Balaban J connectivity index is 4.37. The molecular weight excluding hydrogens is 120 g/mol. The van der Waals surface area contributed by atoms with E-state index in [1.807, 2.05) is 0 Å². The van der Waals surface area contributed by atoms with E-state index in [9.17, 15) is 0 Å². The monoisotopic (exact) mass is 138 g/mol. The van der Waals surface area contributed by atoms with Crippen molar-refractivity contribution >= 4 is 0 Å². The van der Waals surface area contributed by atoms with Crippen molar-refractivity contribution in [2.75, 3.05) is 0 Å². The average molecular weight is 138 g/mol. The Labute approximate surface area is 64.6 Å². The molecule has 0 aromatic carbocycles. The first-order chi connectivity index (χ1) is 4.63. The first kappa shape index (κ1) is 9.48. The summed E-state index contributed by atoms with van der Waals surface area (Å²) in [6, 6.07) is 0. The number of hydrogen-bond acceptors (Lipinski definition) is 0. The quantitative estimate of drug-likeness (QED) is 0.522. The van der Waals surface area contributed by atoms with Crippen molar-refractivity contribution in [3.05, 3.63) is 23.3 Å². The van der Waals surface area contributed by atoms with Gasteiger partial charge in [-0.3, -0.25) is 0 Å². The standard InChI is InChI=1S/C10H18/c1-6-9(5)10(7-2)8(3)4/h5-7H2,1-4H3. The Hall–Kier alpha value is -0.520. The number of hydrogen-bond donors (Lipinski definition) is 0. The topological polar surface area (TPSA) is 0 Å². The highest BCUT2D eigenvalue weighted by atomic mass is 14.0.